The van der Waals surface area contributed by atoms with Gasteiger partial charge in [0.2, 0.25) is 5.01 Å². The van der Waals surface area contributed by atoms with Gasteiger partial charge in [0.1, 0.15) is 23.0 Å². The summed E-state index contributed by atoms with van der Waals surface area (Å²) in [6, 6.07) is 6.87. The molecule has 0 unspecified atom stereocenters. The molecule has 5 rings (SSSR count). The highest BCUT2D eigenvalue weighted by Crippen LogP contribution is 2.34. The van der Waals surface area contributed by atoms with E-state index in [2.05, 4.69) is 30.7 Å². The first-order valence-corrected chi connectivity index (χ1v) is 10.7. The minimum absolute atomic E-state index is 0.0344. The van der Waals surface area contributed by atoms with Gasteiger partial charge >= 0.3 is 0 Å². The lowest BCUT2D eigenvalue weighted by atomic mass is 9.96. The normalized spacial score (nSPS) is 24.7. The number of hydrogen-bond acceptors (Lipinski definition) is 10. The fraction of sp³-hybridized carbons (Fsp3) is 0.400. The van der Waals surface area contributed by atoms with E-state index in [1.165, 1.54) is 6.07 Å². The molecule has 9 nitrogen and oxygen atoms in total. The van der Waals surface area contributed by atoms with Crippen LogP contribution in [0.25, 0.3) is 22.0 Å². The lowest BCUT2D eigenvalue weighted by Gasteiger charge is -2.38. The third-order valence-electron chi connectivity index (χ3n) is 5.97. The number of benzene rings is 1. The molecule has 0 aliphatic carbocycles. The number of hydrogen-bond donors (Lipinski definition) is 2. The summed E-state index contributed by atoms with van der Waals surface area (Å²) >= 11 is 1.14. The molecule has 4 atom stereocenters. The molecule has 2 aliphatic heterocycles. The Balaban J connectivity index is 1.35. The van der Waals surface area contributed by atoms with Crippen LogP contribution in [0.4, 0.5) is 10.2 Å². The van der Waals surface area contributed by atoms with Gasteiger partial charge in [0.15, 0.2) is 11.6 Å². The van der Waals surface area contributed by atoms with Crippen molar-refractivity contribution in [2.75, 3.05) is 11.9 Å². The molecular formula is C20H19FN8OS. The number of aromatic hydroxyl groups is 1. The van der Waals surface area contributed by atoms with Gasteiger partial charge in [0.05, 0.1) is 17.8 Å². The summed E-state index contributed by atoms with van der Waals surface area (Å²) in [5, 5.41) is 39.6. The van der Waals surface area contributed by atoms with E-state index < -0.39 is 6.17 Å². The summed E-state index contributed by atoms with van der Waals surface area (Å²) in [6.07, 6.45) is 3.17. The van der Waals surface area contributed by atoms with Crippen molar-refractivity contribution < 1.29 is 9.50 Å². The zero-order valence-electron chi connectivity index (χ0n) is 16.6. The Bertz CT molecular complexity index is 1150. The Morgan fingerprint density at radius 2 is 2.13 bits per heavy atom. The summed E-state index contributed by atoms with van der Waals surface area (Å²) in [5.41, 5.74) is 1.05. The lowest BCUT2D eigenvalue weighted by molar-refractivity contribution is 0.176. The minimum Gasteiger partial charge on any atom is -0.507 e. The van der Waals surface area contributed by atoms with Crippen LogP contribution in [-0.4, -0.2) is 61.8 Å². The fourth-order valence-electron chi connectivity index (χ4n) is 4.31. The smallest absolute Gasteiger partial charge is 0.218 e. The standard InChI is InChI=1S/C20H19FN8OS/c1-29(14-7-11-3-5-13(24-11)18(14)21)16-9-23-19(27-25-16)12-4-2-10(6-15(12)30)20-28-26-17(8-22)31-20/h2,4,6,9,11,13-14,18,24,30H,3,5,7H2,1H3/t11-,13+,14+,18-/m0/s1. The molecule has 2 aliphatic rings. The molecule has 1 aromatic carbocycles. The number of alkyl halides is 1. The van der Waals surface area contributed by atoms with E-state index in [-0.39, 0.29) is 28.7 Å². The van der Waals surface area contributed by atoms with E-state index in [9.17, 15) is 9.50 Å². The first kappa shape index (κ1) is 19.7. The Labute approximate surface area is 181 Å². The monoisotopic (exact) mass is 438 g/mol. The number of nitriles is 1. The highest BCUT2D eigenvalue weighted by molar-refractivity contribution is 7.15. The van der Waals surface area contributed by atoms with E-state index >= 15 is 0 Å². The first-order chi connectivity index (χ1) is 15.0. The number of anilines is 1. The van der Waals surface area contributed by atoms with Crippen LogP contribution < -0.4 is 10.2 Å². The van der Waals surface area contributed by atoms with Crippen molar-refractivity contribution in [3.63, 3.8) is 0 Å². The van der Waals surface area contributed by atoms with Crippen molar-refractivity contribution in [2.45, 2.75) is 43.6 Å². The van der Waals surface area contributed by atoms with E-state index in [0.29, 0.717) is 28.0 Å². The van der Waals surface area contributed by atoms with Crippen molar-refractivity contribution in [3.05, 3.63) is 29.4 Å². The second-order valence-electron chi connectivity index (χ2n) is 7.80. The summed E-state index contributed by atoms with van der Waals surface area (Å²) < 4.78 is 14.8. The molecule has 2 bridgehead atoms. The Kier molecular flexibility index (Phi) is 4.95. The summed E-state index contributed by atoms with van der Waals surface area (Å²) in [5.74, 6) is 0.720. The Hall–Kier alpha value is -3.23. The number of aromatic nitrogens is 5. The van der Waals surface area contributed by atoms with E-state index in [4.69, 9.17) is 5.26 Å². The largest absolute Gasteiger partial charge is 0.507 e. The predicted octanol–water partition coefficient (Wildman–Crippen LogP) is 2.30. The van der Waals surface area contributed by atoms with Gasteiger partial charge in [-0.05, 0) is 31.4 Å². The molecule has 158 valence electrons. The van der Waals surface area contributed by atoms with Gasteiger partial charge in [-0.2, -0.15) is 5.26 Å². The molecule has 0 radical (unpaired) electrons. The van der Waals surface area contributed by atoms with Crippen molar-refractivity contribution in [3.8, 4) is 33.8 Å². The van der Waals surface area contributed by atoms with Crippen LogP contribution >= 0.6 is 11.3 Å². The number of phenolic OH excluding ortho intramolecular Hbond substituents is 1. The van der Waals surface area contributed by atoms with Gasteiger partial charge in [-0.25, -0.2) is 9.37 Å². The van der Waals surface area contributed by atoms with Crippen molar-refractivity contribution in [2.24, 2.45) is 0 Å². The van der Waals surface area contributed by atoms with Gasteiger partial charge in [0.25, 0.3) is 0 Å². The van der Waals surface area contributed by atoms with Crippen LogP contribution in [0.2, 0.25) is 0 Å². The number of nitrogens with one attached hydrogen (secondary N) is 1. The average molecular weight is 438 g/mol. The summed E-state index contributed by atoms with van der Waals surface area (Å²) in [4.78, 5) is 6.15. The Morgan fingerprint density at radius 3 is 2.84 bits per heavy atom. The van der Waals surface area contributed by atoms with E-state index in [1.807, 2.05) is 18.0 Å². The molecular weight excluding hydrogens is 419 g/mol. The maximum Gasteiger partial charge on any atom is 0.218 e. The van der Waals surface area contributed by atoms with Gasteiger partial charge in [-0.3, -0.25) is 0 Å². The average Bonchev–Trinajstić information content (AvgIpc) is 3.43. The number of halogens is 1. The number of nitrogens with zero attached hydrogens (tertiary/aromatic N) is 7. The summed E-state index contributed by atoms with van der Waals surface area (Å²) in [6.45, 7) is 0. The SMILES string of the molecule is CN(c1cnc(-c2ccc(-c3nnc(C#N)s3)cc2O)nn1)[C@@H]1C[C@@H]2CC[C@@H](N2)[C@@H]1F. The van der Waals surface area contributed by atoms with Crippen LogP contribution in [0.5, 0.6) is 5.75 Å². The fourth-order valence-corrected chi connectivity index (χ4v) is 4.95. The molecule has 2 fully saturated rings. The quantitative estimate of drug-likeness (QED) is 0.631. The zero-order valence-corrected chi connectivity index (χ0v) is 17.4. The minimum atomic E-state index is -0.969. The van der Waals surface area contributed by atoms with Crippen LogP contribution in [0.15, 0.2) is 24.4 Å². The van der Waals surface area contributed by atoms with Crippen LogP contribution in [0.3, 0.4) is 0 Å². The molecule has 4 heterocycles. The molecule has 31 heavy (non-hydrogen) atoms. The topological polar surface area (TPSA) is 124 Å². The van der Waals surface area contributed by atoms with Crippen LogP contribution in [0.1, 0.15) is 24.3 Å². The number of rotatable bonds is 4. The third-order valence-corrected chi connectivity index (χ3v) is 6.85. The van der Waals surface area contributed by atoms with Gasteiger partial charge in [-0.1, -0.05) is 17.4 Å². The molecule has 0 saturated carbocycles. The van der Waals surface area contributed by atoms with Crippen molar-refractivity contribution >= 4 is 17.2 Å². The summed E-state index contributed by atoms with van der Waals surface area (Å²) in [7, 11) is 1.82. The van der Waals surface area contributed by atoms with E-state index in [0.717, 1.165) is 30.6 Å². The maximum absolute atomic E-state index is 14.8. The number of phenols is 1. The second-order valence-corrected chi connectivity index (χ2v) is 8.78. The lowest BCUT2D eigenvalue weighted by Crippen LogP contribution is -2.55. The molecule has 2 saturated heterocycles. The van der Waals surface area contributed by atoms with Crippen molar-refractivity contribution in [1.29, 1.82) is 5.26 Å². The number of piperidine rings is 1. The van der Waals surface area contributed by atoms with Crippen LogP contribution in [0, 0.1) is 11.3 Å². The molecule has 3 aromatic rings. The zero-order chi connectivity index (χ0) is 21.5. The highest BCUT2D eigenvalue weighted by atomic mass is 32.1. The number of fused-ring (bicyclic) bond motifs is 2. The van der Waals surface area contributed by atoms with Gasteiger partial charge in [0, 0.05) is 24.7 Å². The Morgan fingerprint density at radius 1 is 1.26 bits per heavy atom. The molecule has 0 amide bonds. The third kappa shape index (κ3) is 3.58. The molecule has 11 heteroatoms. The van der Waals surface area contributed by atoms with Gasteiger partial charge < -0.3 is 15.3 Å². The molecule has 0 spiro atoms. The van der Waals surface area contributed by atoms with Crippen molar-refractivity contribution in [1.82, 2.24) is 30.7 Å². The predicted molar refractivity (Wildman–Crippen MR) is 112 cm³/mol. The first-order valence-electron chi connectivity index (χ1n) is 9.93. The van der Waals surface area contributed by atoms with Gasteiger partial charge in [-0.15, -0.1) is 20.4 Å². The van der Waals surface area contributed by atoms with Crippen LogP contribution in [-0.2, 0) is 0 Å². The molecule has 2 N–H and O–H groups in total. The highest BCUT2D eigenvalue weighted by Gasteiger charge is 2.43. The van der Waals surface area contributed by atoms with E-state index in [1.54, 1.807) is 18.3 Å². The maximum atomic E-state index is 14.8. The second kappa shape index (κ2) is 7.79. The molecule has 2 aromatic heterocycles.